The lowest BCUT2D eigenvalue weighted by Gasteiger charge is -2.27. The Kier molecular flexibility index (Phi) is 4.64. The summed E-state index contributed by atoms with van der Waals surface area (Å²) in [6, 6.07) is 0. The highest BCUT2D eigenvalue weighted by Crippen LogP contribution is 2.24. The Labute approximate surface area is 111 Å². The molecule has 2 aliphatic rings. The van der Waals surface area contributed by atoms with Crippen molar-refractivity contribution < 1.29 is 8.42 Å². The van der Waals surface area contributed by atoms with E-state index in [1.807, 2.05) is 0 Å². The molecular weight excluding hydrogens is 250 g/mol. The summed E-state index contributed by atoms with van der Waals surface area (Å²) in [5.41, 5.74) is 0. The van der Waals surface area contributed by atoms with E-state index >= 15 is 0 Å². The van der Waals surface area contributed by atoms with Gasteiger partial charge in [-0.3, -0.25) is 4.90 Å². The van der Waals surface area contributed by atoms with Crippen molar-refractivity contribution in [2.75, 3.05) is 51.6 Å². The maximum absolute atomic E-state index is 12.3. The van der Waals surface area contributed by atoms with Crippen molar-refractivity contribution in [2.45, 2.75) is 13.8 Å². The summed E-state index contributed by atoms with van der Waals surface area (Å²) >= 11 is 0. The Morgan fingerprint density at radius 1 is 1.11 bits per heavy atom. The summed E-state index contributed by atoms with van der Waals surface area (Å²) in [6.07, 6.45) is 0. The fourth-order valence-electron chi connectivity index (χ4n) is 2.61. The first kappa shape index (κ1) is 14.2. The van der Waals surface area contributed by atoms with Gasteiger partial charge in [0.2, 0.25) is 10.0 Å². The third-order valence-corrected chi connectivity index (χ3v) is 6.01. The number of sulfonamides is 1. The molecule has 0 saturated carbocycles. The molecule has 0 aromatic carbocycles. The second kappa shape index (κ2) is 5.86. The quantitative estimate of drug-likeness (QED) is 0.773. The molecule has 0 bridgehead atoms. The van der Waals surface area contributed by atoms with Gasteiger partial charge in [0, 0.05) is 45.8 Å². The van der Waals surface area contributed by atoms with Gasteiger partial charge in [-0.1, -0.05) is 13.8 Å². The van der Waals surface area contributed by atoms with E-state index in [-0.39, 0.29) is 5.75 Å². The van der Waals surface area contributed by atoms with Crippen molar-refractivity contribution in [1.29, 1.82) is 0 Å². The van der Waals surface area contributed by atoms with Crippen molar-refractivity contribution in [3.05, 3.63) is 0 Å². The van der Waals surface area contributed by atoms with Crippen LogP contribution in [-0.2, 0) is 10.0 Å². The van der Waals surface area contributed by atoms with E-state index in [9.17, 15) is 8.42 Å². The summed E-state index contributed by atoms with van der Waals surface area (Å²) in [5.74, 6) is 1.24. The molecule has 5 nitrogen and oxygen atoms in total. The molecule has 0 spiro atoms. The first-order valence-corrected chi connectivity index (χ1v) is 8.51. The van der Waals surface area contributed by atoms with E-state index in [0.29, 0.717) is 31.5 Å². The van der Waals surface area contributed by atoms with Gasteiger partial charge in [0.25, 0.3) is 0 Å². The minimum absolute atomic E-state index is 0.270. The van der Waals surface area contributed by atoms with Crippen LogP contribution in [0.25, 0.3) is 0 Å². The highest BCUT2D eigenvalue weighted by molar-refractivity contribution is 7.89. The Balaban J connectivity index is 1.83. The zero-order valence-electron chi connectivity index (χ0n) is 11.4. The Hall–Kier alpha value is -0.170. The van der Waals surface area contributed by atoms with Gasteiger partial charge in [-0.2, -0.15) is 0 Å². The van der Waals surface area contributed by atoms with Gasteiger partial charge in [-0.25, -0.2) is 12.7 Å². The van der Waals surface area contributed by atoms with Gasteiger partial charge in [0.1, 0.15) is 0 Å². The van der Waals surface area contributed by atoms with Gasteiger partial charge < -0.3 is 5.32 Å². The summed E-state index contributed by atoms with van der Waals surface area (Å²) < 4.78 is 26.2. The number of piperazine rings is 1. The van der Waals surface area contributed by atoms with Crippen LogP contribution < -0.4 is 5.32 Å². The SMILES string of the molecule is CC1CN(S(=O)(=O)CCN2CCNCC2)CC1C. The van der Waals surface area contributed by atoms with Crippen molar-refractivity contribution >= 4 is 10.0 Å². The summed E-state index contributed by atoms with van der Waals surface area (Å²) in [7, 11) is -3.05. The Bertz CT molecular complexity index is 356. The first-order valence-electron chi connectivity index (χ1n) is 6.90. The normalized spacial score (nSPS) is 31.9. The molecule has 0 aromatic rings. The molecule has 2 aliphatic heterocycles. The summed E-state index contributed by atoms with van der Waals surface area (Å²) in [6.45, 7) is 10.2. The fourth-order valence-corrected chi connectivity index (χ4v) is 4.28. The van der Waals surface area contributed by atoms with Crippen LogP contribution in [0.3, 0.4) is 0 Å². The van der Waals surface area contributed by atoms with Crippen LogP contribution in [0.1, 0.15) is 13.8 Å². The summed E-state index contributed by atoms with van der Waals surface area (Å²) in [4.78, 5) is 2.23. The molecule has 2 saturated heterocycles. The number of hydrogen-bond donors (Lipinski definition) is 1. The van der Waals surface area contributed by atoms with Crippen molar-refractivity contribution in [1.82, 2.24) is 14.5 Å². The van der Waals surface area contributed by atoms with Gasteiger partial charge in [0.05, 0.1) is 5.75 Å². The molecule has 2 atom stereocenters. The monoisotopic (exact) mass is 275 g/mol. The fraction of sp³-hybridized carbons (Fsp3) is 1.00. The summed E-state index contributed by atoms with van der Waals surface area (Å²) in [5, 5.41) is 3.28. The zero-order valence-corrected chi connectivity index (χ0v) is 12.2. The predicted octanol–water partition coefficient (Wildman–Crippen LogP) is -0.191. The highest BCUT2D eigenvalue weighted by Gasteiger charge is 2.33. The lowest BCUT2D eigenvalue weighted by Crippen LogP contribution is -2.46. The van der Waals surface area contributed by atoms with Crippen LogP contribution in [0, 0.1) is 11.8 Å². The van der Waals surface area contributed by atoms with Crippen LogP contribution in [0.15, 0.2) is 0 Å². The molecule has 106 valence electrons. The Morgan fingerprint density at radius 2 is 1.67 bits per heavy atom. The smallest absolute Gasteiger partial charge is 0.215 e. The number of nitrogens with zero attached hydrogens (tertiary/aromatic N) is 2. The van der Waals surface area contributed by atoms with Crippen LogP contribution in [0.4, 0.5) is 0 Å². The lowest BCUT2D eigenvalue weighted by atomic mass is 10.0. The van der Waals surface area contributed by atoms with E-state index in [4.69, 9.17) is 0 Å². The first-order chi connectivity index (χ1) is 8.49. The second-order valence-corrected chi connectivity index (χ2v) is 7.77. The molecule has 6 heteroatoms. The molecular formula is C12H25N3O2S. The number of hydrogen-bond acceptors (Lipinski definition) is 4. The van der Waals surface area contributed by atoms with Gasteiger partial charge in [-0.05, 0) is 11.8 Å². The Morgan fingerprint density at radius 3 is 2.22 bits per heavy atom. The third kappa shape index (κ3) is 3.44. The van der Waals surface area contributed by atoms with Crippen molar-refractivity contribution in [3.63, 3.8) is 0 Å². The minimum atomic E-state index is -3.05. The van der Waals surface area contributed by atoms with Crippen LogP contribution in [-0.4, -0.2) is 69.2 Å². The van der Waals surface area contributed by atoms with E-state index in [1.54, 1.807) is 4.31 Å². The van der Waals surface area contributed by atoms with E-state index < -0.39 is 10.0 Å². The molecule has 0 radical (unpaired) electrons. The molecule has 2 rings (SSSR count). The highest BCUT2D eigenvalue weighted by atomic mass is 32.2. The van der Waals surface area contributed by atoms with E-state index in [0.717, 1.165) is 26.2 Å². The van der Waals surface area contributed by atoms with Crippen molar-refractivity contribution in [3.8, 4) is 0 Å². The van der Waals surface area contributed by atoms with Crippen LogP contribution in [0.5, 0.6) is 0 Å². The second-order valence-electron chi connectivity index (χ2n) is 5.68. The molecule has 2 unspecified atom stereocenters. The number of rotatable bonds is 4. The maximum Gasteiger partial charge on any atom is 0.215 e. The zero-order chi connectivity index (χ0) is 13.2. The molecule has 0 aromatic heterocycles. The van der Waals surface area contributed by atoms with E-state index in [2.05, 4.69) is 24.1 Å². The molecule has 2 fully saturated rings. The molecule has 2 heterocycles. The van der Waals surface area contributed by atoms with Crippen LogP contribution in [0.2, 0.25) is 0 Å². The maximum atomic E-state index is 12.3. The minimum Gasteiger partial charge on any atom is -0.314 e. The molecule has 0 amide bonds. The van der Waals surface area contributed by atoms with Gasteiger partial charge in [-0.15, -0.1) is 0 Å². The molecule has 1 N–H and O–H groups in total. The van der Waals surface area contributed by atoms with Gasteiger partial charge in [0.15, 0.2) is 0 Å². The largest absolute Gasteiger partial charge is 0.314 e. The molecule has 0 aliphatic carbocycles. The predicted molar refractivity (Wildman–Crippen MR) is 73.0 cm³/mol. The average Bonchev–Trinajstić information content (AvgIpc) is 2.70. The van der Waals surface area contributed by atoms with Crippen LogP contribution >= 0.6 is 0 Å². The topological polar surface area (TPSA) is 52.7 Å². The van der Waals surface area contributed by atoms with E-state index in [1.165, 1.54) is 0 Å². The third-order valence-electron chi connectivity index (χ3n) is 4.22. The molecule has 18 heavy (non-hydrogen) atoms. The van der Waals surface area contributed by atoms with Crippen molar-refractivity contribution in [2.24, 2.45) is 11.8 Å². The lowest BCUT2D eigenvalue weighted by molar-refractivity contribution is 0.252. The average molecular weight is 275 g/mol. The number of nitrogens with one attached hydrogen (secondary N) is 1. The standard InChI is InChI=1S/C12H25N3O2S/c1-11-9-15(10-12(11)2)18(16,17)8-7-14-5-3-13-4-6-14/h11-13H,3-10H2,1-2H3. The van der Waals surface area contributed by atoms with Gasteiger partial charge >= 0.3 is 0 Å².